The number of hydrogen-bond donors (Lipinski definition) is 3. The van der Waals surface area contributed by atoms with Gasteiger partial charge in [-0.3, -0.25) is 24.5 Å². The van der Waals surface area contributed by atoms with Crippen molar-refractivity contribution in [2.75, 3.05) is 11.9 Å². The molecule has 31 heavy (non-hydrogen) atoms. The van der Waals surface area contributed by atoms with Crippen molar-refractivity contribution in [2.45, 2.75) is 32.2 Å². The van der Waals surface area contributed by atoms with Crippen LogP contribution >= 0.6 is 0 Å². The van der Waals surface area contributed by atoms with Crippen LogP contribution in [-0.4, -0.2) is 50.4 Å². The number of piperidine rings is 1. The predicted octanol–water partition coefficient (Wildman–Crippen LogP) is 1.87. The first kappa shape index (κ1) is 20.5. The van der Waals surface area contributed by atoms with Crippen LogP contribution in [0.3, 0.4) is 0 Å². The Morgan fingerprint density at radius 3 is 2.84 bits per heavy atom. The zero-order chi connectivity index (χ0) is 22.0. The van der Waals surface area contributed by atoms with E-state index < -0.39 is 17.7 Å². The Morgan fingerprint density at radius 2 is 2.03 bits per heavy atom. The van der Waals surface area contributed by atoms with Crippen LogP contribution in [0.5, 0.6) is 0 Å². The number of pyridine rings is 1. The molecule has 0 bridgehead atoms. The minimum atomic E-state index is -0.757. The molecular formula is C22H24N6O3. The number of nitrogens with one attached hydrogen (secondary N) is 2. The van der Waals surface area contributed by atoms with E-state index in [0.717, 1.165) is 29.3 Å². The maximum atomic E-state index is 13.0. The SMILES string of the molecule is C[C@H]1CCC(Cc2ccc3[nH]ncc3c2)N(C(=O)C(=O)Nc2cncc(C(N)=O)c2)C1. The third-order valence-corrected chi connectivity index (χ3v) is 5.65. The van der Waals surface area contributed by atoms with Crippen molar-refractivity contribution >= 4 is 34.3 Å². The van der Waals surface area contributed by atoms with Gasteiger partial charge in [-0.1, -0.05) is 13.0 Å². The number of fused-ring (bicyclic) bond motifs is 1. The zero-order valence-corrected chi connectivity index (χ0v) is 17.2. The minimum Gasteiger partial charge on any atom is -0.366 e. The van der Waals surface area contributed by atoms with Crippen LogP contribution in [0.25, 0.3) is 10.9 Å². The Balaban J connectivity index is 1.49. The standard InChI is InChI=1S/C22H24N6O3/c1-13-2-4-18(7-14-3-5-19-15(6-14)10-25-27-19)28(12-13)22(31)21(30)26-17-8-16(20(23)29)9-24-11-17/h3,5-6,8-11,13,18H,2,4,7,12H2,1H3,(H2,23,29)(H,25,27)(H,26,30)/t13-,18?/m0/s1. The molecule has 1 aliphatic rings. The lowest BCUT2D eigenvalue weighted by Crippen LogP contribution is -2.51. The second-order valence-corrected chi connectivity index (χ2v) is 8.07. The lowest BCUT2D eigenvalue weighted by Gasteiger charge is -2.38. The third-order valence-electron chi connectivity index (χ3n) is 5.65. The molecule has 2 aromatic heterocycles. The number of hydrogen-bond acceptors (Lipinski definition) is 5. The summed E-state index contributed by atoms with van der Waals surface area (Å²) < 4.78 is 0. The Kier molecular flexibility index (Phi) is 5.66. The molecule has 0 saturated carbocycles. The highest BCUT2D eigenvalue weighted by Gasteiger charge is 2.33. The molecular weight excluding hydrogens is 396 g/mol. The summed E-state index contributed by atoms with van der Waals surface area (Å²) in [5, 5.41) is 10.5. The first-order valence-electron chi connectivity index (χ1n) is 10.2. The summed E-state index contributed by atoms with van der Waals surface area (Å²) in [7, 11) is 0. The number of nitrogens with two attached hydrogens (primary N) is 1. The molecule has 1 saturated heterocycles. The lowest BCUT2D eigenvalue weighted by atomic mass is 9.90. The summed E-state index contributed by atoms with van der Waals surface area (Å²) in [6.45, 7) is 2.59. The van der Waals surface area contributed by atoms with Crippen molar-refractivity contribution in [3.8, 4) is 0 Å². The van der Waals surface area contributed by atoms with Crippen molar-refractivity contribution in [2.24, 2.45) is 11.7 Å². The van der Waals surface area contributed by atoms with E-state index in [1.54, 1.807) is 11.1 Å². The van der Waals surface area contributed by atoms with Gasteiger partial charge >= 0.3 is 11.8 Å². The molecule has 3 amide bonds. The summed E-state index contributed by atoms with van der Waals surface area (Å²) in [5.74, 6) is -1.70. The largest absolute Gasteiger partial charge is 0.366 e. The number of carbonyl (C=O) groups is 3. The Bertz CT molecular complexity index is 1140. The van der Waals surface area contributed by atoms with E-state index in [2.05, 4.69) is 33.5 Å². The maximum absolute atomic E-state index is 13.0. The fourth-order valence-corrected chi connectivity index (χ4v) is 4.02. The molecule has 4 rings (SSSR count). The average Bonchev–Trinajstić information content (AvgIpc) is 3.22. The van der Waals surface area contributed by atoms with Gasteiger partial charge in [-0.25, -0.2) is 0 Å². The van der Waals surface area contributed by atoms with E-state index in [1.807, 2.05) is 12.1 Å². The number of rotatable bonds is 4. The molecule has 3 aromatic rings. The molecule has 2 atom stereocenters. The maximum Gasteiger partial charge on any atom is 0.313 e. The summed E-state index contributed by atoms with van der Waals surface area (Å²) in [5.41, 5.74) is 7.71. The first-order chi connectivity index (χ1) is 14.9. The summed E-state index contributed by atoms with van der Waals surface area (Å²) in [6, 6.07) is 7.37. The summed E-state index contributed by atoms with van der Waals surface area (Å²) in [4.78, 5) is 42.6. The van der Waals surface area contributed by atoms with Gasteiger partial charge < -0.3 is 16.0 Å². The quantitative estimate of drug-likeness (QED) is 0.554. The highest BCUT2D eigenvalue weighted by molar-refractivity contribution is 6.39. The van der Waals surface area contributed by atoms with E-state index in [9.17, 15) is 14.4 Å². The highest BCUT2D eigenvalue weighted by Crippen LogP contribution is 2.26. The number of nitrogens with zero attached hydrogens (tertiary/aromatic N) is 3. The van der Waals surface area contributed by atoms with Gasteiger partial charge in [-0.2, -0.15) is 5.10 Å². The number of likely N-dealkylation sites (tertiary alicyclic amines) is 1. The van der Waals surface area contributed by atoms with E-state index >= 15 is 0 Å². The fourth-order valence-electron chi connectivity index (χ4n) is 4.02. The monoisotopic (exact) mass is 420 g/mol. The Morgan fingerprint density at radius 1 is 1.19 bits per heavy atom. The molecule has 0 spiro atoms. The van der Waals surface area contributed by atoms with Crippen molar-refractivity contribution in [3.05, 3.63) is 54.0 Å². The van der Waals surface area contributed by atoms with E-state index in [1.165, 1.54) is 18.5 Å². The van der Waals surface area contributed by atoms with Gasteiger partial charge in [-0.05, 0) is 48.9 Å². The normalized spacial score (nSPS) is 18.7. The van der Waals surface area contributed by atoms with E-state index in [-0.39, 0.29) is 17.3 Å². The molecule has 3 heterocycles. The van der Waals surface area contributed by atoms with Crippen LogP contribution in [0.2, 0.25) is 0 Å². The van der Waals surface area contributed by atoms with Crippen LogP contribution in [0, 0.1) is 5.92 Å². The third kappa shape index (κ3) is 4.55. The van der Waals surface area contributed by atoms with Crippen LogP contribution in [0.1, 0.15) is 35.7 Å². The van der Waals surface area contributed by atoms with Crippen molar-refractivity contribution in [1.82, 2.24) is 20.1 Å². The van der Waals surface area contributed by atoms with E-state index in [0.29, 0.717) is 18.9 Å². The second-order valence-electron chi connectivity index (χ2n) is 8.07. The van der Waals surface area contributed by atoms with Gasteiger partial charge in [0, 0.05) is 24.2 Å². The first-order valence-corrected chi connectivity index (χ1v) is 10.2. The summed E-state index contributed by atoms with van der Waals surface area (Å²) >= 11 is 0. The van der Waals surface area contributed by atoms with E-state index in [4.69, 9.17) is 5.73 Å². The molecule has 1 aromatic carbocycles. The predicted molar refractivity (Wildman–Crippen MR) is 115 cm³/mol. The van der Waals surface area contributed by atoms with Gasteiger partial charge in [0.1, 0.15) is 0 Å². The highest BCUT2D eigenvalue weighted by atomic mass is 16.2. The molecule has 9 heteroatoms. The molecule has 4 N–H and O–H groups in total. The van der Waals surface area contributed by atoms with Gasteiger partial charge in [0.25, 0.3) is 0 Å². The van der Waals surface area contributed by atoms with Gasteiger partial charge in [0.15, 0.2) is 0 Å². The van der Waals surface area contributed by atoms with Crippen molar-refractivity contribution in [1.29, 1.82) is 0 Å². The van der Waals surface area contributed by atoms with Crippen molar-refractivity contribution in [3.63, 3.8) is 0 Å². The van der Waals surface area contributed by atoms with Crippen LogP contribution in [0.15, 0.2) is 42.9 Å². The van der Waals surface area contributed by atoms with Crippen LogP contribution in [0.4, 0.5) is 5.69 Å². The molecule has 1 aliphatic heterocycles. The molecule has 0 aliphatic carbocycles. The number of carbonyl (C=O) groups excluding carboxylic acids is 3. The molecule has 160 valence electrons. The fraction of sp³-hybridized carbons (Fsp3) is 0.318. The van der Waals surface area contributed by atoms with Gasteiger partial charge in [-0.15, -0.1) is 0 Å². The molecule has 0 radical (unpaired) electrons. The van der Waals surface area contributed by atoms with Crippen LogP contribution in [-0.2, 0) is 16.0 Å². The zero-order valence-electron chi connectivity index (χ0n) is 17.2. The number of amides is 3. The number of benzene rings is 1. The Hall–Kier alpha value is -3.75. The topological polar surface area (TPSA) is 134 Å². The number of H-pyrrole nitrogens is 1. The van der Waals surface area contributed by atoms with Gasteiger partial charge in [0.05, 0.1) is 29.2 Å². The van der Waals surface area contributed by atoms with Crippen LogP contribution < -0.4 is 11.1 Å². The lowest BCUT2D eigenvalue weighted by molar-refractivity contribution is -0.146. The smallest absolute Gasteiger partial charge is 0.313 e. The number of aromatic amines is 1. The van der Waals surface area contributed by atoms with Crippen molar-refractivity contribution < 1.29 is 14.4 Å². The average molecular weight is 420 g/mol. The number of anilines is 1. The molecule has 1 unspecified atom stereocenters. The summed E-state index contributed by atoms with van der Waals surface area (Å²) in [6.07, 6.45) is 6.92. The second kappa shape index (κ2) is 8.55. The minimum absolute atomic E-state index is 0.0751. The molecule has 9 nitrogen and oxygen atoms in total. The van der Waals surface area contributed by atoms with Gasteiger partial charge in [0.2, 0.25) is 5.91 Å². The number of primary amides is 1. The Labute approximate surface area is 179 Å². The number of aromatic nitrogens is 3. The molecule has 1 fully saturated rings.